The summed E-state index contributed by atoms with van der Waals surface area (Å²) >= 11 is 0. The van der Waals surface area contributed by atoms with Crippen molar-refractivity contribution in [3.63, 3.8) is 0 Å². The lowest BCUT2D eigenvalue weighted by atomic mass is 10.0. The Labute approximate surface area is 196 Å². The maximum absolute atomic E-state index is 11.2. The Bertz CT molecular complexity index is 1090. The molecule has 0 amide bonds. The van der Waals surface area contributed by atoms with Crippen LogP contribution in [0.5, 0.6) is 0 Å². The Morgan fingerprint density at radius 1 is 1.06 bits per heavy atom. The van der Waals surface area contributed by atoms with Crippen molar-refractivity contribution in [2.45, 2.75) is 79.2 Å². The lowest BCUT2D eigenvalue weighted by Gasteiger charge is -2.09. The fourth-order valence-electron chi connectivity index (χ4n) is 3.94. The molecule has 4 rings (SSSR count). The Kier molecular flexibility index (Phi) is 8.98. The molecular weight excluding hydrogens is 412 g/mol. The fraction of sp³-hybridized carbons (Fsp3) is 0.462. The van der Waals surface area contributed by atoms with E-state index in [-0.39, 0.29) is 5.78 Å². The number of aromatic nitrogens is 6. The zero-order chi connectivity index (χ0) is 23.6. The second-order valence-electron chi connectivity index (χ2n) is 8.50. The molecule has 174 valence electrons. The minimum absolute atomic E-state index is 0.0507. The molecule has 0 N–H and O–H groups in total. The van der Waals surface area contributed by atoms with Crippen LogP contribution in [0.1, 0.15) is 86.0 Å². The molecule has 0 unspecified atom stereocenters. The van der Waals surface area contributed by atoms with E-state index in [0.29, 0.717) is 5.69 Å². The smallest absolute Gasteiger partial charge is 0.181 e. The summed E-state index contributed by atoms with van der Waals surface area (Å²) in [4.78, 5) is 15.3. The van der Waals surface area contributed by atoms with Crippen LogP contribution < -0.4 is 0 Å². The summed E-state index contributed by atoms with van der Waals surface area (Å²) in [5.74, 6) is -0.0507. The average molecular weight is 447 g/mol. The molecule has 0 radical (unpaired) electrons. The van der Waals surface area contributed by atoms with Gasteiger partial charge in [0.15, 0.2) is 5.78 Å². The molecule has 7 heteroatoms. The molecule has 0 spiro atoms. The summed E-state index contributed by atoms with van der Waals surface area (Å²) in [6.45, 7) is 8.64. The van der Waals surface area contributed by atoms with Gasteiger partial charge < -0.3 is 0 Å². The van der Waals surface area contributed by atoms with E-state index in [1.807, 2.05) is 31.3 Å². The number of ketones is 1. The van der Waals surface area contributed by atoms with Crippen molar-refractivity contribution in [3.8, 4) is 0 Å². The van der Waals surface area contributed by atoms with Gasteiger partial charge in [-0.2, -0.15) is 10.2 Å². The summed E-state index contributed by atoms with van der Waals surface area (Å²) in [6.07, 6.45) is 11.0. The molecule has 33 heavy (non-hydrogen) atoms. The number of aryl methyl sites for hydroxylation is 4. The molecule has 0 aliphatic heterocycles. The summed E-state index contributed by atoms with van der Waals surface area (Å²) in [7, 11) is 0. The molecule has 1 aliphatic carbocycles. The van der Waals surface area contributed by atoms with Crippen LogP contribution in [0.3, 0.4) is 0 Å². The number of pyridine rings is 1. The Morgan fingerprint density at radius 3 is 2.52 bits per heavy atom. The molecule has 7 nitrogen and oxygen atoms in total. The van der Waals surface area contributed by atoms with Crippen molar-refractivity contribution >= 4 is 11.4 Å². The van der Waals surface area contributed by atoms with Crippen LogP contribution in [-0.2, 0) is 19.4 Å². The van der Waals surface area contributed by atoms with Crippen molar-refractivity contribution in [2.75, 3.05) is 0 Å². The van der Waals surface area contributed by atoms with E-state index < -0.39 is 0 Å². The summed E-state index contributed by atoms with van der Waals surface area (Å²) in [6, 6.07) is 8.18. The van der Waals surface area contributed by atoms with Gasteiger partial charge in [-0.3, -0.25) is 14.5 Å². The van der Waals surface area contributed by atoms with Crippen LogP contribution in [-0.4, -0.2) is 36.0 Å². The normalized spacial score (nSPS) is 13.1. The number of carbonyl (C=O) groups excluding carboxylic acids is 1. The van der Waals surface area contributed by atoms with Crippen molar-refractivity contribution in [1.82, 2.24) is 30.2 Å². The van der Waals surface area contributed by atoms with Gasteiger partial charge in [-0.05, 0) is 82.6 Å². The second-order valence-corrected chi connectivity index (χ2v) is 8.50. The van der Waals surface area contributed by atoms with Crippen LogP contribution in [0, 0.1) is 6.92 Å². The van der Waals surface area contributed by atoms with Crippen LogP contribution in [0.25, 0.3) is 5.57 Å². The van der Waals surface area contributed by atoms with Gasteiger partial charge in [-0.15, -0.1) is 5.10 Å². The molecule has 1 aliphatic rings. The quantitative estimate of drug-likeness (QED) is 0.349. The number of carbonyl (C=O) groups is 1. The molecule has 0 aromatic carbocycles. The van der Waals surface area contributed by atoms with Crippen molar-refractivity contribution in [2.24, 2.45) is 0 Å². The highest BCUT2D eigenvalue weighted by Crippen LogP contribution is 2.34. The van der Waals surface area contributed by atoms with Crippen molar-refractivity contribution in [3.05, 3.63) is 70.6 Å². The number of Topliss-reactive ketones (excluding diaryl/α,β-unsaturated/α-hetero) is 1. The van der Waals surface area contributed by atoms with E-state index in [2.05, 4.69) is 45.4 Å². The number of rotatable bonds is 8. The van der Waals surface area contributed by atoms with E-state index in [0.717, 1.165) is 55.7 Å². The first-order valence-electron chi connectivity index (χ1n) is 11.8. The highest BCUT2D eigenvalue weighted by atomic mass is 16.1. The number of nitrogens with zero attached hydrogens (tertiary/aromatic N) is 6. The van der Waals surface area contributed by atoms with Crippen LogP contribution in [0.2, 0.25) is 0 Å². The molecule has 3 aromatic rings. The van der Waals surface area contributed by atoms with E-state index in [9.17, 15) is 4.79 Å². The average Bonchev–Trinajstić information content (AvgIpc) is 3.48. The van der Waals surface area contributed by atoms with Gasteiger partial charge >= 0.3 is 0 Å². The molecule has 0 saturated carbocycles. The van der Waals surface area contributed by atoms with E-state index in [1.54, 1.807) is 10.9 Å². The number of unbranched alkanes of at least 4 members (excludes halogenated alkanes) is 1. The maximum atomic E-state index is 11.2. The van der Waals surface area contributed by atoms with Gasteiger partial charge in [0.25, 0.3) is 0 Å². The highest BCUT2D eigenvalue weighted by molar-refractivity contribution is 5.91. The third kappa shape index (κ3) is 7.14. The fourth-order valence-corrected chi connectivity index (χ4v) is 3.94. The SMILES string of the molecule is CC(=O)c1cn(CCCCc2cc(C3=C(C)CCC3)c(C)nn2)nn1.CCc1ccccn1. The molecule has 3 aromatic heterocycles. The van der Waals surface area contributed by atoms with Crippen molar-refractivity contribution in [1.29, 1.82) is 0 Å². The maximum Gasteiger partial charge on any atom is 0.181 e. The summed E-state index contributed by atoms with van der Waals surface area (Å²) in [5, 5.41) is 16.6. The second kappa shape index (κ2) is 12.1. The molecule has 3 heterocycles. The van der Waals surface area contributed by atoms with E-state index >= 15 is 0 Å². The Morgan fingerprint density at radius 2 is 1.91 bits per heavy atom. The van der Waals surface area contributed by atoms with Gasteiger partial charge in [-0.1, -0.05) is 23.8 Å². The lowest BCUT2D eigenvalue weighted by Crippen LogP contribution is -2.03. The molecule has 0 atom stereocenters. The van der Waals surface area contributed by atoms with Gasteiger partial charge in [0, 0.05) is 30.9 Å². The molecule has 0 saturated heterocycles. The van der Waals surface area contributed by atoms with Crippen LogP contribution >= 0.6 is 0 Å². The molecular formula is C26H34N6O. The van der Waals surface area contributed by atoms with Crippen LogP contribution in [0.4, 0.5) is 0 Å². The highest BCUT2D eigenvalue weighted by Gasteiger charge is 2.16. The third-order valence-corrected chi connectivity index (χ3v) is 5.91. The molecule has 0 fully saturated rings. The lowest BCUT2D eigenvalue weighted by molar-refractivity contribution is 0.101. The minimum Gasteiger partial charge on any atom is -0.293 e. The summed E-state index contributed by atoms with van der Waals surface area (Å²) < 4.78 is 1.73. The van der Waals surface area contributed by atoms with Gasteiger partial charge in [0.05, 0.1) is 17.6 Å². The number of hydrogen-bond acceptors (Lipinski definition) is 6. The monoisotopic (exact) mass is 446 g/mol. The van der Waals surface area contributed by atoms with Gasteiger partial charge in [0.1, 0.15) is 5.69 Å². The number of hydrogen-bond donors (Lipinski definition) is 0. The summed E-state index contributed by atoms with van der Waals surface area (Å²) in [5.41, 5.74) is 7.90. The zero-order valence-electron chi connectivity index (χ0n) is 20.2. The predicted octanol–water partition coefficient (Wildman–Crippen LogP) is 5.20. The minimum atomic E-state index is -0.0507. The first-order valence-corrected chi connectivity index (χ1v) is 11.8. The van der Waals surface area contributed by atoms with Gasteiger partial charge in [0.2, 0.25) is 0 Å². The number of allylic oxidation sites excluding steroid dienone is 2. The van der Waals surface area contributed by atoms with Crippen molar-refractivity contribution < 1.29 is 4.79 Å². The zero-order valence-corrected chi connectivity index (χ0v) is 20.2. The van der Waals surface area contributed by atoms with Crippen LogP contribution in [0.15, 0.2) is 42.2 Å². The first kappa shape index (κ1) is 24.4. The Hall–Kier alpha value is -3.22. The standard InChI is InChI=1S/C19H25N5O.C7H9N/c1-13-7-6-9-17(13)18-11-16(21-20-14(18)2)8-4-5-10-24-12-19(15(3)25)22-23-24;1-2-7-5-3-4-6-8-7/h11-12H,4-10H2,1-3H3;3-6H,2H2,1H3. The topological polar surface area (TPSA) is 86.5 Å². The third-order valence-electron chi connectivity index (χ3n) is 5.91. The van der Waals surface area contributed by atoms with E-state index in [1.165, 1.54) is 36.5 Å². The molecule has 0 bridgehead atoms. The first-order chi connectivity index (χ1) is 16.0. The van der Waals surface area contributed by atoms with Gasteiger partial charge in [-0.25, -0.2) is 0 Å². The largest absolute Gasteiger partial charge is 0.293 e. The predicted molar refractivity (Wildman–Crippen MR) is 130 cm³/mol. The Balaban J connectivity index is 0.000000323. The van der Waals surface area contributed by atoms with E-state index in [4.69, 9.17) is 0 Å².